The summed E-state index contributed by atoms with van der Waals surface area (Å²) < 4.78 is 1.78. The fourth-order valence-electron chi connectivity index (χ4n) is 2.02. The van der Waals surface area contributed by atoms with Crippen molar-refractivity contribution in [2.75, 3.05) is 11.5 Å². The maximum atomic E-state index is 5.87. The smallest absolute Gasteiger partial charge is 0.178 e. The quantitative estimate of drug-likeness (QED) is 0.822. The van der Waals surface area contributed by atoms with Gasteiger partial charge in [0.05, 0.1) is 10.9 Å². The predicted molar refractivity (Wildman–Crippen MR) is 66.4 cm³/mol. The molecule has 0 saturated carbocycles. The van der Waals surface area contributed by atoms with Crippen molar-refractivity contribution < 1.29 is 0 Å². The summed E-state index contributed by atoms with van der Waals surface area (Å²) in [5, 5.41) is 4.95. The fraction of sp³-hybridized carbons (Fsp3) is 0.455. The molecule has 16 heavy (non-hydrogen) atoms. The molecule has 0 radical (unpaired) electrons. The Kier molecular flexibility index (Phi) is 2.47. The molecule has 84 valence electrons. The second kappa shape index (κ2) is 3.97. The van der Waals surface area contributed by atoms with Crippen LogP contribution in [0.25, 0.3) is 5.65 Å². The molecule has 0 spiro atoms. The van der Waals surface area contributed by atoms with Crippen molar-refractivity contribution >= 4 is 23.1 Å². The number of thioether (sulfide) groups is 1. The van der Waals surface area contributed by atoms with E-state index in [1.165, 1.54) is 25.0 Å². The molecule has 0 bridgehead atoms. The van der Waals surface area contributed by atoms with Crippen LogP contribution in [0, 0.1) is 0 Å². The molecule has 3 heterocycles. The molecule has 1 atom stereocenters. The maximum Gasteiger partial charge on any atom is 0.178 e. The summed E-state index contributed by atoms with van der Waals surface area (Å²) in [7, 11) is 0. The Morgan fingerprint density at radius 1 is 1.44 bits per heavy atom. The van der Waals surface area contributed by atoms with E-state index in [2.05, 4.69) is 10.1 Å². The third-order valence-corrected chi connectivity index (χ3v) is 4.25. The van der Waals surface area contributed by atoms with Crippen molar-refractivity contribution in [2.24, 2.45) is 0 Å². The van der Waals surface area contributed by atoms with Gasteiger partial charge in [-0.2, -0.15) is 16.9 Å². The third-order valence-electron chi connectivity index (χ3n) is 2.88. The lowest BCUT2D eigenvalue weighted by Crippen LogP contribution is -2.04. The van der Waals surface area contributed by atoms with Crippen LogP contribution < -0.4 is 5.73 Å². The molecule has 2 N–H and O–H groups in total. The lowest BCUT2D eigenvalue weighted by molar-refractivity contribution is 0.661. The van der Waals surface area contributed by atoms with Crippen LogP contribution in [-0.4, -0.2) is 20.4 Å². The molecule has 5 heteroatoms. The average Bonchev–Trinajstić information content (AvgIpc) is 2.76. The lowest BCUT2D eigenvalue weighted by Gasteiger charge is -2.17. The number of hydrogen-bond acceptors (Lipinski definition) is 4. The van der Waals surface area contributed by atoms with Gasteiger partial charge < -0.3 is 5.73 Å². The monoisotopic (exact) mass is 234 g/mol. The minimum atomic E-state index is 0.452. The van der Waals surface area contributed by atoms with Gasteiger partial charge in [0.25, 0.3) is 0 Å². The number of nitrogens with zero attached hydrogens (tertiary/aromatic N) is 3. The molecule has 1 aliphatic heterocycles. The van der Waals surface area contributed by atoms with Gasteiger partial charge in [-0.1, -0.05) is 6.42 Å². The van der Waals surface area contributed by atoms with Gasteiger partial charge in [-0.25, -0.2) is 9.50 Å². The normalized spacial score (nSPS) is 21.4. The first-order valence-electron chi connectivity index (χ1n) is 5.57. The molecule has 0 aromatic carbocycles. The predicted octanol–water partition coefficient (Wildman–Crippen LogP) is 2.27. The number of aromatic nitrogens is 3. The van der Waals surface area contributed by atoms with Crippen molar-refractivity contribution in [3.05, 3.63) is 24.2 Å². The van der Waals surface area contributed by atoms with E-state index in [4.69, 9.17) is 5.73 Å². The van der Waals surface area contributed by atoms with Gasteiger partial charge in [-0.3, -0.25) is 0 Å². The van der Waals surface area contributed by atoms with Crippen molar-refractivity contribution in [1.82, 2.24) is 14.6 Å². The van der Waals surface area contributed by atoms with Crippen molar-refractivity contribution in [3.8, 4) is 0 Å². The lowest BCUT2D eigenvalue weighted by atomic mass is 10.2. The molecule has 4 nitrogen and oxygen atoms in total. The van der Waals surface area contributed by atoms with E-state index >= 15 is 0 Å². The molecule has 3 rings (SSSR count). The molecule has 0 amide bonds. The van der Waals surface area contributed by atoms with Gasteiger partial charge in [0, 0.05) is 6.20 Å². The zero-order valence-electron chi connectivity index (χ0n) is 8.97. The second-order valence-electron chi connectivity index (χ2n) is 4.06. The highest BCUT2D eigenvalue weighted by Crippen LogP contribution is 2.36. The van der Waals surface area contributed by atoms with Crippen molar-refractivity contribution in [2.45, 2.75) is 24.5 Å². The van der Waals surface area contributed by atoms with E-state index in [0.29, 0.717) is 10.9 Å². The highest BCUT2D eigenvalue weighted by molar-refractivity contribution is 7.99. The topological polar surface area (TPSA) is 56.2 Å². The number of fused-ring (bicyclic) bond motifs is 1. The Balaban J connectivity index is 2.01. The molecular formula is C11H14N4S. The van der Waals surface area contributed by atoms with Crippen molar-refractivity contribution in [1.29, 1.82) is 0 Å². The summed E-state index contributed by atoms with van der Waals surface area (Å²) >= 11 is 1.96. The van der Waals surface area contributed by atoms with Crippen LogP contribution in [0.3, 0.4) is 0 Å². The van der Waals surface area contributed by atoms with E-state index in [1.807, 2.05) is 30.1 Å². The molecule has 2 aromatic rings. The van der Waals surface area contributed by atoms with E-state index in [-0.39, 0.29) is 0 Å². The zero-order chi connectivity index (χ0) is 11.0. The van der Waals surface area contributed by atoms with Gasteiger partial charge in [-0.15, -0.1) is 0 Å². The summed E-state index contributed by atoms with van der Waals surface area (Å²) in [6, 6.07) is 3.76. The first kappa shape index (κ1) is 9.96. The van der Waals surface area contributed by atoms with E-state index in [0.717, 1.165) is 11.5 Å². The minimum Gasteiger partial charge on any atom is -0.396 e. The zero-order valence-corrected chi connectivity index (χ0v) is 9.78. The summed E-state index contributed by atoms with van der Waals surface area (Å²) in [5.41, 5.74) is 7.35. The van der Waals surface area contributed by atoms with Gasteiger partial charge in [0.1, 0.15) is 0 Å². The molecular weight excluding hydrogens is 220 g/mol. The van der Waals surface area contributed by atoms with Crippen LogP contribution in [0.4, 0.5) is 5.69 Å². The summed E-state index contributed by atoms with van der Waals surface area (Å²) in [6.45, 7) is 0. The number of nitrogens with two attached hydrogens (primary N) is 1. The SMILES string of the molecule is Nc1cccn2nc(C3CCCCS3)nc12. The summed E-state index contributed by atoms with van der Waals surface area (Å²) in [6.07, 6.45) is 5.68. The Morgan fingerprint density at radius 2 is 2.38 bits per heavy atom. The highest BCUT2D eigenvalue weighted by atomic mass is 32.2. The Hall–Kier alpha value is -1.23. The van der Waals surface area contributed by atoms with Gasteiger partial charge in [0.2, 0.25) is 0 Å². The largest absolute Gasteiger partial charge is 0.396 e. The van der Waals surface area contributed by atoms with E-state index in [9.17, 15) is 0 Å². The van der Waals surface area contributed by atoms with Gasteiger partial charge >= 0.3 is 0 Å². The highest BCUT2D eigenvalue weighted by Gasteiger charge is 2.20. The fourth-order valence-corrected chi connectivity index (χ4v) is 3.26. The molecule has 2 aromatic heterocycles. The van der Waals surface area contributed by atoms with Crippen molar-refractivity contribution in [3.63, 3.8) is 0 Å². The third kappa shape index (κ3) is 1.65. The maximum absolute atomic E-state index is 5.87. The molecule has 1 fully saturated rings. The standard InChI is InChI=1S/C11H14N4S/c12-8-4-3-6-15-11(8)13-10(14-15)9-5-1-2-7-16-9/h3-4,6,9H,1-2,5,7,12H2. The average molecular weight is 234 g/mol. The minimum absolute atomic E-state index is 0.452. The van der Waals surface area contributed by atoms with Crippen LogP contribution in [0.15, 0.2) is 18.3 Å². The first-order chi connectivity index (χ1) is 7.84. The van der Waals surface area contributed by atoms with Crippen LogP contribution in [0.1, 0.15) is 30.3 Å². The molecule has 1 aliphatic rings. The molecule has 1 unspecified atom stereocenters. The molecule has 1 saturated heterocycles. The Labute approximate surface area is 98.2 Å². The van der Waals surface area contributed by atoms with E-state index < -0.39 is 0 Å². The second-order valence-corrected chi connectivity index (χ2v) is 5.37. The number of rotatable bonds is 1. The Bertz CT molecular complexity index is 502. The van der Waals surface area contributed by atoms with Gasteiger partial charge in [0.15, 0.2) is 11.5 Å². The van der Waals surface area contributed by atoms with Crippen LogP contribution >= 0.6 is 11.8 Å². The number of nitrogen functional groups attached to an aromatic ring is 1. The van der Waals surface area contributed by atoms with Gasteiger partial charge in [-0.05, 0) is 30.7 Å². The summed E-state index contributed by atoms with van der Waals surface area (Å²) in [5.74, 6) is 2.15. The van der Waals surface area contributed by atoms with Crippen LogP contribution in [-0.2, 0) is 0 Å². The first-order valence-corrected chi connectivity index (χ1v) is 6.62. The Morgan fingerprint density at radius 3 is 3.12 bits per heavy atom. The molecule has 0 aliphatic carbocycles. The van der Waals surface area contributed by atoms with Crippen LogP contribution in [0.2, 0.25) is 0 Å². The number of pyridine rings is 1. The number of hydrogen-bond donors (Lipinski definition) is 1. The van der Waals surface area contributed by atoms with Crippen LogP contribution in [0.5, 0.6) is 0 Å². The summed E-state index contributed by atoms with van der Waals surface area (Å²) in [4.78, 5) is 4.54. The van der Waals surface area contributed by atoms with E-state index in [1.54, 1.807) is 4.52 Å². The number of anilines is 1.